The first-order valence-corrected chi connectivity index (χ1v) is 6.88. The molecule has 2 aliphatic carbocycles. The van der Waals surface area contributed by atoms with E-state index in [2.05, 4.69) is 10.6 Å². The Labute approximate surface area is 105 Å². The summed E-state index contributed by atoms with van der Waals surface area (Å²) in [6, 6.07) is -0.0783. The summed E-state index contributed by atoms with van der Waals surface area (Å²) in [4.78, 5) is 11.9. The third-order valence-corrected chi connectivity index (χ3v) is 3.99. The van der Waals surface area contributed by atoms with Gasteiger partial charge < -0.3 is 10.6 Å². The van der Waals surface area contributed by atoms with Crippen molar-refractivity contribution in [2.24, 2.45) is 11.3 Å². The Bertz CT molecular complexity index is 298. The normalized spacial score (nSPS) is 24.2. The molecule has 2 aliphatic rings. The van der Waals surface area contributed by atoms with Crippen molar-refractivity contribution in [2.75, 3.05) is 6.54 Å². The SMILES string of the molecule is CC(NCC1(C2CC2)CC1)C(=O)NC(C)(C)C. The lowest BCUT2D eigenvalue weighted by atomic mass is 10.0. The molecule has 0 radical (unpaired) electrons. The van der Waals surface area contributed by atoms with E-state index in [1.54, 1.807) is 0 Å². The quantitative estimate of drug-likeness (QED) is 0.770. The monoisotopic (exact) mass is 238 g/mol. The van der Waals surface area contributed by atoms with E-state index in [-0.39, 0.29) is 17.5 Å². The number of amides is 1. The Morgan fingerprint density at radius 3 is 2.35 bits per heavy atom. The molecule has 0 aromatic rings. The van der Waals surface area contributed by atoms with Gasteiger partial charge in [0.2, 0.25) is 5.91 Å². The molecule has 2 rings (SSSR count). The zero-order chi connectivity index (χ0) is 12.7. The average molecular weight is 238 g/mol. The maximum absolute atomic E-state index is 11.9. The second-order valence-electron chi connectivity index (χ2n) is 6.98. The Morgan fingerprint density at radius 2 is 1.94 bits per heavy atom. The van der Waals surface area contributed by atoms with Gasteiger partial charge in [-0.05, 0) is 64.7 Å². The summed E-state index contributed by atoms with van der Waals surface area (Å²) in [6.07, 6.45) is 5.53. The molecule has 98 valence electrons. The lowest BCUT2D eigenvalue weighted by molar-refractivity contribution is -0.124. The second kappa shape index (κ2) is 4.27. The van der Waals surface area contributed by atoms with Crippen molar-refractivity contribution in [3.05, 3.63) is 0 Å². The highest BCUT2D eigenvalue weighted by Crippen LogP contribution is 2.60. The minimum absolute atomic E-state index is 0.0783. The molecule has 3 heteroatoms. The summed E-state index contributed by atoms with van der Waals surface area (Å²) in [5.41, 5.74) is 0.428. The van der Waals surface area contributed by atoms with Crippen LogP contribution in [-0.4, -0.2) is 24.0 Å². The van der Waals surface area contributed by atoms with E-state index in [1.165, 1.54) is 25.7 Å². The first-order chi connectivity index (χ1) is 7.82. The van der Waals surface area contributed by atoms with Crippen molar-refractivity contribution in [2.45, 2.75) is 65.0 Å². The molecular formula is C14H26N2O. The summed E-state index contributed by atoms with van der Waals surface area (Å²) < 4.78 is 0. The third kappa shape index (κ3) is 3.44. The van der Waals surface area contributed by atoms with Gasteiger partial charge in [0.15, 0.2) is 0 Å². The van der Waals surface area contributed by atoms with E-state index in [0.717, 1.165) is 12.5 Å². The van der Waals surface area contributed by atoms with Crippen LogP contribution in [-0.2, 0) is 4.79 Å². The van der Waals surface area contributed by atoms with E-state index in [9.17, 15) is 4.79 Å². The van der Waals surface area contributed by atoms with Gasteiger partial charge in [0.05, 0.1) is 6.04 Å². The molecule has 2 N–H and O–H groups in total. The highest BCUT2D eigenvalue weighted by atomic mass is 16.2. The summed E-state index contributed by atoms with van der Waals surface area (Å²) in [5, 5.41) is 6.44. The summed E-state index contributed by atoms with van der Waals surface area (Å²) in [7, 11) is 0. The molecule has 0 spiro atoms. The van der Waals surface area contributed by atoms with Crippen LogP contribution in [0.5, 0.6) is 0 Å². The standard InChI is InChI=1S/C14H26N2O/c1-10(12(17)16-13(2,3)4)15-9-14(7-8-14)11-5-6-11/h10-11,15H,5-9H2,1-4H3,(H,16,17). The smallest absolute Gasteiger partial charge is 0.237 e. The number of carbonyl (C=O) groups excluding carboxylic acids is 1. The Hall–Kier alpha value is -0.570. The largest absolute Gasteiger partial charge is 0.350 e. The van der Waals surface area contributed by atoms with Crippen LogP contribution in [0.15, 0.2) is 0 Å². The Kier molecular flexibility index (Phi) is 3.23. The van der Waals surface area contributed by atoms with Crippen molar-refractivity contribution in [1.29, 1.82) is 0 Å². The summed E-state index contributed by atoms with van der Waals surface area (Å²) >= 11 is 0. The van der Waals surface area contributed by atoms with Crippen molar-refractivity contribution in [3.8, 4) is 0 Å². The highest BCUT2D eigenvalue weighted by molar-refractivity contribution is 5.81. The first-order valence-electron chi connectivity index (χ1n) is 6.88. The molecule has 0 saturated heterocycles. The molecule has 1 amide bonds. The molecule has 2 saturated carbocycles. The van der Waals surface area contributed by atoms with E-state index in [0.29, 0.717) is 5.41 Å². The van der Waals surface area contributed by atoms with Gasteiger partial charge in [-0.2, -0.15) is 0 Å². The molecule has 0 aliphatic heterocycles. The van der Waals surface area contributed by atoms with Gasteiger partial charge in [0, 0.05) is 12.1 Å². The minimum atomic E-state index is -0.138. The van der Waals surface area contributed by atoms with Gasteiger partial charge in [-0.1, -0.05) is 0 Å². The number of carbonyl (C=O) groups is 1. The zero-order valence-corrected chi connectivity index (χ0v) is 11.6. The first kappa shape index (κ1) is 12.9. The van der Waals surface area contributed by atoms with Gasteiger partial charge >= 0.3 is 0 Å². The summed E-state index contributed by atoms with van der Waals surface area (Å²) in [5.74, 6) is 1.07. The molecule has 0 bridgehead atoms. The van der Waals surface area contributed by atoms with Crippen LogP contribution < -0.4 is 10.6 Å². The zero-order valence-electron chi connectivity index (χ0n) is 11.6. The maximum Gasteiger partial charge on any atom is 0.237 e. The van der Waals surface area contributed by atoms with Crippen molar-refractivity contribution < 1.29 is 4.79 Å². The number of nitrogens with one attached hydrogen (secondary N) is 2. The molecule has 0 heterocycles. The van der Waals surface area contributed by atoms with Crippen LogP contribution in [0.3, 0.4) is 0 Å². The fourth-order valence-electron chi connectivity index (χ4n) is 2.51. The predicted molar refractivity (Wildman–Crippen MR) is 69.8 cm³/mol. The number of rotatable bonds is 5. The molecule has 3 nitrogen and oxygen atoms in total. The fraction of sp³-hybridized carbons (Fsp3) is 0.929. The van der Waals surface area contributed by atoms with E-state index in [4.69, 9.17) is 0 Å². The molecule has 2 fully saturated rings. The van der Waals surface area contributed by atoms with E-state index < -0.39 is 0 Å². The van der Waals surface area contributed by atoms with Crippen molar-refractivity contribution in [1.82, 2.24) is 10.6 Å². The molecule has 17 heavy (non-hydrogen) atoms. The van der Waals surface area contributed by atoms with Gasteiger partial charge in [0.1, 0.15) is 0 Å². The molecule has 0 aromatic heterocycles. The number of hydrogen-bond donors (Lipinski definition) is 2. The van der Waals surface area contributed by atoms with Gasteiger partial charge in [0.25, 0.3) is 0 Å². The minimum Gasteiger partial charge on any atom is -0.350 e. The second-order valence-corrected chi connectivity index (χ2v) is 6.98. The van der Waals surface area contributed by atoms with Gasteiger partial charge in [-0.3, -0.25) is 4.79 Å². The third-order valence-electron chi connectivity index (χ3n) is 3.99. The molecular weight excluding hydrogens is 212 g/mol. The van der Waals surface area contributed by atoms with Crippen LogP contribution >= 0.6 is 0 Å². The van der Waals surface area contributed by atoms with Crippen LogP contribution in [0.25, 0.3) is 0 Å². The topological polar surface area (TPSA) is 41.1 Å². The molecule has 0 aromatic carbocycles. The number of hydrogen-bond acceptors (Lipinski definition) is 2. The fourth-order valence-corrected chi connectivity index (χ4v) is 2.51. The summed E-state index contributed by atoms with van der Waals surface area (Å²) in [6.45, 7) is 9.04. The molecule has 1 unspecified atom stereocenters. The van der Waals surface area contributed by atoms with E-state index in [1.807, 2.05) is 27.7 Å². The average Bonchev–Trinajstić information content (AvgIpc) is 3.02. The van der Waals surface area contributed by atoms with Crippen LogP contribution in [0.1, 0.15) is 53.4 Å². The maximum atomic E-state index is 11.9. The lowest BCUT2D eigenvalue weighted by Crippen LogP contribution is -2.50. The predicted octanol–water partition coefficient (Wildman–Crippen LogP) is 2.07. The van der Waals surface area contributed by atoms with Crippen LogP contribution in [0.2, 0.25) is 0 Å². The lowest BCUT2D eigenvalue weighted by Gasteiger charge is -2.25. The van der Waals surface area contributed by atoms with Crippen molar-refractivity contribution in [3.63, 3.8) is 0 Å². The van der Waals surface area contributed by atoms with Gasteiger partial charge in [-0.25, -0.2) is 0 Å². The Morgan fingerprint density at radius 1 is 1.35 bits per heavy atom. The highest BCUT2D eigenvalue weighted by Gasteiger charge is 2.53. The Balaban J connectivity index is 1.73. The van der Waals surface area contributed by atoms with Crippen LogP contribution in [0.4, 0.5) is 0 Å². The van der Waals surface area contributed by atoms with Crippen LogP contribution in [0, 0.1) is 11.3 Å². The molecule has 1 atom stereocenters. The van der Waals surface area contributed by atoms with Crippen molar-refractivity contribution >= 4 is 5.91 Å². The van der Waals surface area contributed by atoms with Gasteiger partial charge in [-0.15, -0.1) is 0 Å². The van der Waals surface area contributed by atoms with E-state index >= 15 is 0 Å².